The third kappa shape index (κ3) is 3.78. The second-order valence-electron chi connectivity index (χ2n) is 4.81. The molecule has 0 unspecified atom stereocenters. The van der Waals surface area contributed by atoms with Crippen molar-refractivity contribution in [3.05, 3.63) is 52.4 Å². The molecule has 2 rings (SSSR count). The molecule has 0 saturated heterocycles. The van der Waals surface area contributed by atoms with Gasteiger partial charge in [0.05, 0.1) is 10.7 Å². The van der Waals surface area contributed by atoms with E-state index in [9.17, 15) is 0 Å². The number of aryl methyl sites for hydroxylation is 2. The van der Waals surface area contributed by atoms with Crippen molar-refractivity contribution in [3.63, 3.8) is 0 Å². The summed E-state index contributed by atoms with van der Waals surface area (Å²) in [5.74, 6) is 0. The molecule has 3 heteroatoms. The van der Waals surface area contributed by atoms with Crippen LogP contribution in [-0.2, 0) is 12.8 Å². The van der Waals surface area contributed by atoms with Gasteiger partial charge in [0.15, 0.2) is 0 Å². The van der Waals surface area contributed by atoms with Gasteiger partial charge in [-0.1, -0.05) is 37.3 Å². The highest BCUT2D eigenvalue weighted by Crippen LogP contribution is 2.27. The number of aromatic nitrogens is 1. The average molecular weight is 286 g/mol. The first kappa shape index (κ1) is 14.9. The summed E-state index contributed by atoms with van der Waals surface area (Å²) in [5, 5.41) is 4.52. The van der Waals surface area contributed by atoms with E-state index in [1.807, 2.05) is 6.08 Å². The second kappa shape index (κ2) is 7.36. The summed E-state index contributed by atoms with van der Waals surface area (Å²) in [4.78, 5) is 6.08. The molecular formula is C17H22N2S. The SMILES string of the molecule is C=CCNCCc1nc(-c2ccc(CC)cc2)c(C)s1. The van der Waals surface area contributed by atoms with E-state index in [2.05, 4.69) is 50.0 Å². The number of benzene rings is 1. The van der Waals surface area contributed by atoms with Crippen LogP contribution in [0, 0.1) is 6.92 Å². The molecule has 2 aromatic rings. The molecule has 0 amide bonds. The van der Waals surface area contributed by atoms with Gasteiger partial charge in [-0.25, -0.2) is 4.98 Å². The predicted molar refractivity (Wildman–Crippen MR) is 88.4 cm³/mol. The first-order valence-corrected chi connectivity index (χ1v) is 7.93. The lowest BCUT2D eigenvalue weighted by Crippen LogP contribution is -2.16. The Morgan fingerprint density at radius 2 is 2.05 bits per heavy atom. The van der Waals surface area contributed by atoms with Crippen molar-refractivity contribution in [1.29, 1.82) is 0 Å². The number of nitrogens with zero attached hydrogens (tertiary/aromatic N) is 1. The van der Waals surface area contributed by atoms with E-state index in [-0.39, 0.29) is 0 Å². The van der Waals surface area contributed by atoms with Gasteiger partial charge >= 0.3 is 0 Å². The molecule has 1 aromatic heterocycles. The molecule has 2 nitrogen and oxygen atoms in total. The Labute approximate surface area is 125 Å². The highest BCUT2D eigenvalue weighted by atomic mass is 32.1. The van der Waals surface area contributed by atoms with E-state index in [0.29, 0.717) is 0 Å². The van der Waals surface area contributed by atoms with Crippen molar-refractivity contribution in [2.45, 2.75) is 26.7 Å². The van der Waals surface area contributed by atoms with Gasteiger partial charge < -0.3 is 5.32 Å². The van der Waals surface area contributed by atoms with Gasteiger partial charge in [-0.3, -0.25) is 0 Å². The van der Waals surface area contributed by atoms with Crippen molar-refractivity contribution in [3.8, 4) is 11.3 Å². The molecule has 106 valence electrons. The van der Waals surface area contributed by atoms with Crippen molar-refractivity contribution in [2.24, 2.45) is 0 Å². The van der Waals surface area contributed by atoms with Crippen LogP contribution in [0.1, 0.15) is 22.4 Å². The van der Waals surface area contributed by atoms with Crippen LogP contribution in [-0.4, -0.2) is 18.1 Å². The first-order chi connectivity index (χ1) is 9.74. The molecule has 1 N–H and O–H groups in total. The van der Waals surface area contributed by atoms with Gasteiger partial charge in [0, 0.05) is 30.0 Å². The third-order valence-electron chi connectivity index (χ3n) is 3.28. The number of hydrogen-bond acceptors (Lipinski definition) is 3. The zero-order valence-corrected chi connectivity index (χ0v) is 13.1. The van der Waals surface area contributed by atoms with Gasteiger partial charge in [0.2, 0.25) is 0 Å². The fourth-order valence-electron chi connectivity index (χ4n) is 2.12. The van der Waals surface area contributed by atoms with Crippen LogP contribution < -0.4 is 5.32 Å². The lowest BCUT2D eigenvalue weighted by molar-refractivity contribution is 0.742. The minimum Gasteiger partial charge on any atom is -0.313 e. The predicted octanol–water partition coefficient (Wildman–Crippen LogP) is 4.00. The van der Waals surface area contributed by atoms with E-state index < -0.39 is 0 Å². The van der Waals surface area contributed by atoms with Gasteiger partial charge in [-0.15, -0.1) is 17.9 Å². The van der Waals surface area contributed by atoms with E-state index in [1.54, 1.807) is 11.3 Å². The summed E-state index contributed by atoms with van der Waals surface area (Å²) in [6.07, 6.45) is 3.94. The number of hydrogen-bond donors (Lipinski definition) is 1. The molecule has 0 fully saturated rings. The van der Waals surface area contributed by atoms with Gasteiger partial charge in [-0.05, 0) is 18.9 Å². The highest BCUT2D eigenvalue weighted by Gasteiger charge is 2.09. The Morgan fingerprint density at radius 3 is 2.70 bits per heavy atom. The maximum absolute atomic E-state index is 4.79. The first-order valence-electron chi connectivity index (χ1n) is 7.11. The van der Waals surface area contributed by atoms with Crippen LogP contribution in [0.15, 0.2) is 36.9 Å². The molecule has 0 saturated carbocycles. The Morgan fingerprint density at radius 1 is 1.30 bits per heavy atom. The molecule has 0 aliphatic heterocycles. The van der Waals surface area contributed by atoms with Crippen LogP contribution >= 0.6 is 11.3 Å². The molecule has 0 radical (unpaired) electrons. The zero-order chi connectivity index (χ0) is 14.4. The Balaban J connectivity index is 2.07. The molecule has 0 bridgehead atoms. The quantitative estimate of drug-likeness (QED) is 0.615. The summed E-state index contributed by atoms with van der Waals surface area (Å²) in [7, 11) is 0. The van der Waals surface area contributed by atoms with Crippen molar-refractivity contribution < 1.29 is 0 Å². The molecule has 0 aliphatic carbocycles. The molecule has 0 aliphatic rings. The summed E-state index contributed by atoms with van der Waals surface area (Å²) < 4.78 is 0. The van der Waals surface area contributed by atoms with Crippen LogP contribution in [0.5, 0.6) is 0 Å². The van der Waals surface area contributed by atoms with Gasteiger partial charge in [0.1, 0.15) is 0 Å². The van der Waals surface area contributed by atoms with Crippen LogP contribution in [0.25, 0.3) is 11.3 Å². The van der Waals surface area contributed by atoms with Crippen molar-refractivity contribution in [2.75, 3.05) is 13.1 Å². The normalized spacial score (nSPS) is 10.7. The van der Waals surface area contributed by atoms with E-state index >= 15 is 0 Å². The molecule has 20 heavy (non-hydrogen) atoms. The van der Waals surface area contributed by atoms with E-state index in [1.165, 1.54) is 21.0 Å². The van der Waals surface area contributed by atoms with E-state index in [4.69, 9.17) is 4.98 Å². The maximum atomic E-state index is 4.79. The number of nitrogens with one attached hydrogen (secondary N) is 1. The minimum atomic E-state index is 0.857. The Bertz CT molecular complexity index is 555. The van der Waals surface area contributed by atoms with Crippen LogP contribution in [0.2, 0.25) is 0 Å². The molecule has 1 aromatic carbocycles. The Kier molecular flexibility index (Phi) is 5.50. The molecular weight excluding hydrogens is 264 g/mol. The fourth-order valence-corrected chi connectivity index (χ4v) is 3.08. The van der Waals surface area contributed by atoms with Crippen LogP contribution in [0.4, 0.5) is 0 Å². The summed E-state index contributed by atoms with van der Waals surface area (Å²) in [6, 6.07) is 8.75. The number of thiazole rings is 1. The summed E-state index contributed by atoms with van der Waals surface area (Å²) >= 11 is 1.80. The topological polar surface area (TPSA) is 24.9 Å². The van der Waals surface area contributed by atoms with Crippen LogP contribution in [0.3, 0.4) is 0 Å². The monoisotopic (exact) mass is 286 g/mol. The minimum absolute atomic E-state index is 0.857. The zero-order valence-electron chi connectivity index (χ0n) is 12.3. The van der Waals surface area contributed by atoms with Gasteiger partial charge in [0.25, 0.3) is 0 Å². The number of rotatable bonds is 7. The van der Waals surface area contributed by atoms with Crippen molar-refractivity contribution >= 4 is 11.3 Å². The average Bonchev–Trinajstić information content (AvgIpc) is 2.85. The smallest absolute Gasteiger partial charge is 0.0948 e. The van der Waals surface area contributed by atoms with Gasteiger partial charge in [-0.2, -0.15) is 0 Å². The maximum Gasteiger partial charge on any atom is 0.0948 e. The highest BCUT2D eigenvalue weighted by molar-refractivity contribution is 7.12. The third-order valence-corrected chi connectivity index (χ3v) is 4.31. The summed E-state index contributed by atoms with van der Waals surface area (Å²) in [6.45, 7) is 9.84. The lowest BCUT2D eigenvalue weighted by Gasteiger charge is -2.01. The standard InChI is InChI=1S/C17H22N2S/c1-4-11-18-12-10-16-19-17(13(3)20-16)15-8-6-14(5-2)7-9-15/h4,6-9,18H,1,5,10-12H2,2-3H3. The largest absolute Gasteiger partial charge is 0.313 e. The lowest BCUT2D eigenvalue weighted by atomic mass is 10.1. The molecule has 0 spiro atoms. The molecule has 0 atom stereocenters. The van der Waals surface area contributed by atoms with Crippen molar-refractivity contribution in [1.82, 2.24) is 10.3 Å². The molecule has 1 heterocycles. The fraction of sp³-hybridized carbons (Fsp3) is 0.353. The second-order valence-corrected chi connectivity index (χ2v) is 6.09. The Hall–Kier alpha value is -1.45. The van der Waals surface area contributed by atoms with E-state index in [0.717, 1.165) is 31.6 Å². The summed E-state index contributed by atoms with van der Waals surface area (Å²) in [5.41, 5.74) is 3.73.